The van der Waals surface area contributed by atoms with Crippen molar-refractivity contribution in [3.8, 4) is 22.6 Å². The molecular formula is C52H57N3O8. The summed E-state index contributed by atoms with van der Waals surface area (Å²) in [6.07, 6.45) is 0.419. The number of β-amino-alcohol motifs (C(OH)–C–C–N with tert-alkyl or cyclic N) is 1. The lowest BCUT2D eigenvalue weighted by Gasteiger charge is -2.38. The molecule has 2 aliphatic heterocycles. The minimum Gasteiger partial charge on any atom is -0.497 e. The maximum absolute atomic E-state index is 14.7. The molecule has 5 aromatic carbocycles. The molecule has 0 unspecified atom stereocenters. The third-order valence-corrected chi connectivity index (χ3v) is 12.8. The monoisotopic (exact) mass is 851 g/mol. The van der Waals surface area contributed by atoms with Gasteiger partial charge in [-0.15, -0.1) is 0 Å². The average Bonchev–Trinajstić information content (AvgIpc) is 4.04. The molecule has 2 saturated heterocycles. The van der Waals surface area contributed by atoms with Gasteiger partial charge in [0.2, 0.25) is 11.8 Å². The van der Waals surface area contributed by atoms with Crippen LogP contribution in [0, 0.1) is 5.92 Å². The van der Waals surface area contributed by atoms with E-state index in [1.54, 1.807) is 19.1 Å². The molecule has 0 bridgehead atoms. The highest BCUT2D eigenvalue weighted by atomic mass is 16.6. The number of aliphatic hydroxyl groups excluding tert-OH is 1. The molecule has 2 N–H and O–H groups in total. The molecule has 8 rings (SSSR count). The van der Waals surface area contributed by atoms with E-state index in [-0.39, 0.29) is 37.5 Å². The Morgan fingerprint density at radius 1 is 0.730 bits per heavy atom. The summed E-state index contributed by atoms with van der Waals surface area (Å²) in [5.74, 6) is 0.648. The first-order valence-electron chi connectivity index (χ1n) is 22.0. The fourth-order valence-electron chi connectivity index (χ4n) is 9.71. The van der Waals surface area contributed by atoms with Crippen molar-refractivity contribution in [2.24, 2.45) is 5.92 Å². The number of nitrogens with one attached hydrogen (secondary N) is 1. The van der Waals surface area contributed by atoms with Gasteiger partial charge in [-0.2, -0.15) is 0 Å². The number of hydrogen-bond acceptors (Lipinski definition) is 8. The van der Waals surface area contributed by atoms with Crippen molar-refractivity contribution in [1.82, 2.24) is 15.1 Å². The van der Waals surface area contributed by atoms with E-state index in [1.165, 1.54) is 4.90 Å². The van der Waals surface area contributed by atoms with E-state index in [1.807, 2.05) is 117 Å². The van der Waals surface area contributed by atoms with Crippen LogP contribution in [0.4, 0.5) is 4.79 Å². The maximum atomic E-state index is 14.7. The zero-order chi connectivity index (χ0) is 44.1. The number of aliphatic hydroxyl groups is 1. The largest absolute Gasteiger partial charge is 0.497 e. The van der Waals surface area contributed by atoms with Crippen LogP contribution in [0.25, 0.3) is 11.1 Å². The maximum Gasteiger partial charge on any atom is 0.410 e. The number of likely N-dealkylation sites (tertiary alicyclic amines) is 2. The lowest BCUT2D eigenvalue weighted by Crippen LogP contribution is -2.55. The SMILES string of the molecule is COc1ccc(C(OC[C@@H]2C[C@@H](O)CN2C(=O)[C@H](CC(C)C)NC(=O)[C@@H]2CCCN2C(=O)OCC2c3ccccc3-c3ccccc32)(c2ccccc2)c2ccc(OC)cc2)cc1. The van der Waals surface area contributed by atoms with Gasteiger partial charge in [0.1, 0.15) is 35.8 Å². The number of fused-ring (bicyclic) bond motifs is 3. The molecule has 2 fully saturated rings. The van der Waals surface area contributed by atoms with E-state index >= 15 is 0 Å². The van der Waals surface area contributed by atoms with E-state index in [4.69, 9.17) is 18.9 Å². The Kier molecular flexibility index (Phi) is 13.2. The Bertz CT molecular complexity index is 2280. The van der Waals surface area contributed by atoms with Crippen molar-refractivity contribution in [1.29, 1.82) is 0 Å². The third-order valence-electron chi connectivity index (χ3n) is 12.8. The van der Waals surface area contributed by atoms with Crippen molar-refractivity contribution in [2.45, 2.75) is 75.3 Å². The molecule has 3 amide bonds. The molecule has 0 radical (unpaired) electrons. The van der Waals surface area contributed by atoms with E-state index < -0.39 is 41.8 Å². The summed E-state index contributed by atoms with van der Waals surface area (Å²) in [4.78, 5) is 45.8. The molecular weight excluding hydrogens is 795 g/mol. The fraction of sp³-hybridized carbons (Fsp3) is 0.365. The van der Waals surface area contributed by atoms with Gasteiger partial charge in [-0.25, -0.2) is 4.79 Å². The van der Waals surface area contributed by atoms with Crippen molar-refractivity contribution in [3.05, 3.63) is 155 Å². The summed E-state index contributed by atoms with van der Waals surface area (Å²) in [6.45, 7) is 4.70. The fourth-order valence-corrected chi connectivity index (χ4v) is 9.71. The summed E-state index contributed by atoms with van der Waals surface area (Å²) < 4.78 is 24.2. The first-order valence-corrected chi connectivity index (χ1v) is 22.0. The smallest absolute Gasteiger partial charge is 0.410 e. The first kappa shape index (κ1) is 43.5. The molecule has 4 atom stereocenters. The standard InChI is InChI=1S/C52H57N3O8/c1-34(2)29-47(53-49(57)48-19-12-28-54(48)51(59)62-33-46-44-17-10-8-15-42(44)43-16-9-11-18-45(43)46)50(58)55-31-39(56)30-38(55)32-63-52(35-13-6-5-7-14-35,36-20-24-40(60-3)25-21-36)37-22-26-41(61-4)27-23-37/h5-11,13-18,20-27,34,38-39,46-48,56H,12,19,28-33H2,1-4H3,(H,53,57)/t38-,39+,47-,48-/m0/s1. The van der Waals surface area contributed by atoms with Gasteiger partial charge < -0.3 is 34.3 Å². The summed E-state index contributed by atoms with van der Waals surface area (Å²) >= 11 is 0. The van der Waals surface area contributed by atoms with Crippen LogP contribution in [0.1, 0.15) is 73.3 Å². The second-order valence-corrected chi connectivity index (χ2v) is 17.2. The summed E-state index contributed by atoms with van der Waals surface area (Å²) in [5, 5.41) is 14.2. The van der Waals surface area contributed by atoms with Crippen molar-refractivity contribution >= 4 is 17.9 Å². The zero-order valence-corrected chi connectivity index (χ0v) is 36.4. The molecule has 11 nitrogen and oxygen atoms in total. The normalized spacial score (nSPS) is 18.8. The van der Waals surface area contributed by atoms with Crippen LogP contribution in [-0.4, -0.2) is 97.6 Å². The van der Waals surface area contributed by atoms with Gasteiger partial charge in [-0.1, -0.05) is 117 Å². The van der Waals surface area contributed by atoms with Crippen LogP contribution in [0.3, 0.4) is 0 Å². The van der Waals surface area contributed by atoms with Gasteiger partial charge in [-0.3, -0.25) is 14.5 Å². The van der Waals surface area contributed by atoms with Crippen LogP contribution in [0.2, 0.25) is 0 Å². The zero-order valence-electron chi connectivity index (χ0n) is 36.4. The Morgan fingerprint density at radius 2 is 1.29 bits per heavy atom. The molecule has 0 saturated carbocycles. The topological polar surface area (TPSA) is 127 Å². The summed E-state index contributed by atoms with van der Waals surface area (Å²) in [5.41, 5.74) is 5.94. The quantitative estimate of drug-likeness (QED) is 0.102. The Labute approximate surface area is 369 Å². The number of carbonyl (C=O) groups excluding carboxylic acids is 3. The summed E-state index contributed by atoms with van der Waals surface area (Å²) in [7, 11) is 3.25. The van der Waals surface area contributed by atoms with Gasteiger partial charge in [0.15, 0.2) is 0 Å². The second-order valence-electron chi connectivity index (χ2n) is 17.2. The highest BCUT2D eigenvalue weighted by Gasteiger charge is 2.44. The Morgan fingerprint density at radius 3 is 1.86 bits per heavy atom. The van der Waals surface area contributed by atoms with Crippen LogP contribution >= 0.6 is 0 Å². The van der Waals surface area contributed by atoms with Gasteiger partial charge in [0.05, 0.1) is 33.0 Å². The van der Waals surface area contributed by atoms with Crippen molar-refractivity contribution < 1.29 is 38.4 Å². The molecule has 5 aromatic rings. The van der Waals surface area contributed by atoms with Gasteiger partial charge in [0.25, 0.3) is 0 Å². The van der Waals surface area contributed by atoms with Gasteiger partial charge in [-0.05, 0) is 94.8 Å². The molecule has 11 heteroatoms. The molecule has 2 heterocycles. The Hall–Kier alpha value is -6.17. The number of ether oxygens (including phenoxy) is 4. The predicted octanol–water partition coefficient (Wildman–Crippen LogP) is 7.92. The van der Waals surface area contributed by atoms with E-state index in [9.17, 15) is 19.5 Å². The predicted molar refractivity (Wildman–Crippen MR) is 241 cm³/mol. The lowest BCUT2D eigenvalue weighted by atomic mass is 9.80. The minimum atomic E-state index is -1.13. The third kappa shape index (κ3) is 8.90. The number of nitrogens with zero attached hydrogens (tertiary/aromatic N) is 2. The molecule has 0 aromatic heterocycles. The summed E-state index contributed by atoms with van der Waals surface area (Å²) in [6, 6.07) is 39.6. The lowest BCUT2D eigenvalue weighted by molar-refractivity contribution is -0.140. The van der Waals surface area contributed by atoms with Crippen molar-refractivity contribution in [3.63, 3.8) is 0 Å². The molecule has 63 heavy (non-hydrogen) atoms. The van der Waals surface area contributed by atoms with Crippen LogP contribution in [0.5, 0.6) is 11.5 Å². The van der Waals surface area contributed by atoms with Crippen molar-refractivity contribution in [2.75, 3.05) is 40.5 Å². The molecule has 328 valence electrons. The number of hydrogen-bond donors (Lipinski definition) is 2. The molecule has 0 spiro atoms. The van der Waals surface area contributed by atoms with E-state index in [0.717, 1.165) is 38.9 Å². The van der Waals surface area contributed by atoms with Crippen LogP contribution in [-0.2, 0) is 24.7 Å². The number of rotatable bonds is 15. The highest BCUT2D eigenvalue weighted by Crippen LogP contribution is 2.45. The number of amides is 3. The number of carbonyl (C=O) groups is 3. The molecule has 1 aliphatic carbocycles. The van der Waals surface area contributed by atoms with E-state index in [0.29, 0.717) is 43.7 Å². The minimum absolute atomic E-state index is 0.0548. The molecule has 3 aliphatic rings. The average molecular weight is 852 g/mol. The second kappa shape index (κ2) is 19.1. The van der Waals surface area contributed by atoms with Crippen LogP contribution < -0.4 is 14.8 Å². The Balaban J connectivity index is 1.00. The number of benzene rings is 5. The number of methoxy groups -OCH3 is 2. The van der Waals surface area contributed by atoms with Gasteiger partial charge >= 0.3 is 6.09 Å². The highest BCUT2D eigenvalue weighted by molar-refractivity contribution is 5.92. The van der Waals surface area contributed by atoms with Gasteiger partial charge in [0, 0.05) is 19.0 Å². The van der Waals surface area contributed by atoms with E-state index in [2.05, 4.69) is 29.6 Å². The van der Waals surface area contributed by atoms with Crippen LogP contribution in [0.15, 0.2) is 127 Å². The first-order chi connectivity index (χ1) is 30.6.